The summed E-state index contributed by atoms with van der Waals surface area (Å²) in [5, 5.41) is 4.20. The molecule has 0 aliphatic heterocycles. The van der Waals surface area contributed by atoms with Gasteiger partial charge in [-0.1, -0.05) is 27.7 Å². The molecule has 1 aromatic rings. The van der Waals surface area contributed by atoms with Crippen LogP contribution in [0.2, 0.25) is 0 Å². The minimum atomic E-state index is 0.325. The van der Waals surface area contributed by atoms with Crippen molar-refractivity contribution in [1.82, 2.24) is 9.78 Å². The minimum absolute atomic E-state index is 0.325. The van der Waals surface area contributed by atoms with Crippen LogP contribution in [-0.2, 0) is 6.54 Å². The van der Waals surface area contributed by atoms with Crippen molar-refractivity contribution in [3.05, 3.63) is 18.5 Å². The second-order valence-electron chi connectivity index (χ2n) is 4.35. The first-order valence-electron chi connectivity index (χ1n) is 4.50. The van der Waals surface area contributed by atoms with Crippen molar-refractivity contribution in [3.8, 4) is 0 Å². The van der Waals surface area contributed by atoms with Crippen molar-refractivity contribution in [1.29, 1.82) is 0 Å². The standard InChI is InChI=1S/C10H18N2/c1-9(2)10(3,4)8-12-7-5-6-11-12/h5-7,9H,8H2,1-4H3. The molecule has 0 bridgehead atoms. The highest BCUT2D eigenvalue weighted by Crippen LogP contribution is 2.27. The topological polar surface area (TPSA) is 17.8 Å². The Morgan fingerprint density at radius 1 is 1.42 bits per heavy atom. The van der Waals surface area contributed by atoms with E-state index in [4.69, 9.17) is 0 Å². The predicted octanol–water partition coefficient (Wildman–Crippen LogP) is 2.57. The van der Waals surface area contributed by atoms with Gasteiger partial charge in [-0.15, -0.1) is 0 Å². The number of hydrogen-bond acceptors (Lipinski definition) is 1. The first-order valence-corrected chi connectivity index (χ1v) is 4.50. The van der Waals surface area contributed by atoms with Crippen molar-refractivity contribution in [2.24, 2.45) is 11.3 Å². The van der Waals surface area contributed by atoms with Gasteiger partial charge in [-0.25, -0.2) is 0 Å². The fourth-order valence-corrected chi connectivity index (χ4v) is 0.994. The van der Waals surface area contributed by atoms with Gasteiger partial charge in [0.25, 0.3) is 0 Å². The van der Waals surface area contributed by atoms with E-state index in [9.17, 15) is 0 Å². The van der Waals surface area contributed by atoms with Crippen LogP contribution in [0, 0.1) is 11.3 Å². The van der Waals surface area contributed by atoms with E-state index < -0.39 is 0 Å². The maximum absolute atomic E-state index is 4.20. The molecule has 0 saturated heterocycles. The van der Waals surface area contributed by atoms with Crippen LogP contribution in [0.25, 0.3) is 0 Å². The van der Waals surface area contributed by atoms with Gasteiger partial charge in [-0.3, -0.25) is 4.68 Å². The Labute approximate surface area is 74.6 Å². The van der Waals surface area contributed by atoms with Gasteiger partial charge in [-0.2, -0.15) is 5.10 Å². The number of nitrogens with zero attached hydrogens (tertiary/aromatic N) is 2. The third-order valence-corrected chi connectivity index (χ3v) is 2.69. The molecule has 0 N–H and O–H groups in total. The Morgan fingerprint density at radius 2 is 2.08 bits per heavy atom. The van der Waals surface area contributed by atoms with E-state index in [1.54, 1.807) is 0 Å². The summed E-state index contributed by atoms with van der Waals surface area (Å²) in [7, 11) is 0. The van der Waals surface area contributed by atoms with Crippen LogP contribution >= 0.6 is 0 Å². The number of aromatic nitrogens is 2. The summed E-state index contributed by atoms with van der Waals surface area (Å²) in [6, 6.07) is 1.97. The van der Waals surface area contributed by atoms with Crippen LogP contribution < -0.4 is 0 Å². The number of hydrogen-bond donors (Lipinski definition) is 0. The highest BCUT2D eigenvalue weighted by atomic mass is 15.3. The molecule has 0 radical (unpaired) electrons. The second kappa shape index (κ2) is 3.30. The molecule has 2 heteroatoms. The quantitative estimate of drug-likeness (QED) is 0.674. The van der Waals surface area contributed by atoms with Gasteiger partial charge in [0.05, 0.1) is 0 Å². The smallest absolute Gasteiger partial charge is 0.0489 e. The Balaban J connectivity index is 2.62. The fourth-order valence-electron chi connectivity index (χ4n) is 0.994. The first-order chi connectivity index (χ1) is 5.52. The van der Waals surface area contributed by atoms with Crippen molar-refractivity contribution in [3.63, 3.8) is 0 Å². The molecule has 0 fully saturated rings. The third kappa shape index (κ3) is 2.10. The molecule has 0 atom stereocenters. The molecule has 12 heavy (non-hydrogen) atoms. The zero-order valence-electron chi connectivity index (χ0n) is 8.41. The van der Waals surface area contributed by atoms with Gasteiger partial charge in [0.2, 0.25) is 0 Å². The molecule has 68 valence electrons. The Hall–Kier alpha value is -0.790. The van der Waals surface area contributed by atoms with Crippen LogP contribution in [0.1, 0.15) is 27.7 Å². The zero-order valence-corrected chi connectivity index (χ0v) is 8.41. The molecule has 0 aliphatic carbocycles. The summed E-state index contributed by atoms with van der Waals surface area (Å²) in [5.74, 6) is 0.682. The molecule has 0 unspecified atom stereocenters. The van der Waals surface area contributed by atoms with Crippen molar-refractivity contribution in [2.75, 3.05) is 0 Å². The molecule has 0 saturated carbocycles. The average molecular weight is 166 g/mol. The lowest BCUT2D eigenvalue weighted by Gasteiger charge is -2.28. The summed E-state index contributed by atoms with van der Waals surface area (Å²) in [6.45, 7) is 10.1. The summed E-state index contributed by atoms with van der Waals surface area (Å²) in [5.41, 5.74) is 0.325. The van der Waals surface area contributed by atoms with E-state index in [-0.39, 0.29) is 0 Å². The van der Waals surface area contributed by atoms with Gasteiger partial charge in [0.1, 0.15) is 0 Å². The van der Waals surface area contributed by atoms with Gasteiger partial charge in [-0.05, 0) is 17.4 Å². The maximum Gasteiger partial charge on any atom is 0.0489 e. The van der Waals surface area contributed by atoms with Gasteiger partial charge < -0.3 is 0 Å². The lowest BCUT2D eigenvalue weighted by molar-refractivity contribution is 0.201. The predicted molar refractivity (Wildman–Crippen MR) is 50.8 cm³/mol. The summed E-state index contributed by atoms with van der Waals surface area (Å²) < 4.78 is 2.00. The molecule has 0 amide bonds. The molecular formula is C10H18N2. The lowest BCUT2D eigenvalue weighted by Crippen LogP contribution is -2.25. The first kappa shape index (κ1) is 9.30. The highest BCUT2D eigenvalue weighted by molar-refractivity contribution is 4.81. The van der Waals surface area contributed by atoms with Crippen molar-refractivity contribution >= 4 is 0 Å². The van der Waals surface area contributed by atoms with Gasteiger partial charge >= 0.3 is 0 Å². The van der Waals surface area contributed by atoms with E-state index in [1.807, 2.05) is 23.1 Å². The summed E-state index contributed by atoms with van der Waals surface area (Å²) >= 11 is 0. The number of rotatable bonds is 3. The molecule has 2 nitrogen and oxygen atoms in total. The summed E-state index contributed by atoms with van der Waals surface area (Å²) in [4.78, 5) is 0. The van der Waals surface area contributed by atoms with Crippen molar-refractivity contribution in [2.45, 2.75) is 34.2 Å². The Morgan fingerprint density at radius 3 is 2.50 bits per heavy atom. The van der Waals surface area contributed by atoms with Crippen LogP contribution in [0.4, 0.5) is 0 Å². The van der Waals surface area contributed by atoms with E-state index in [1.165, 1.54) is 0 Å². The molecule has 1 rings (SSSR count). The van der Waals surface area contributed by atoms with E-state index in [0.717, 1.165) is 6.54 Å². The fraction of sp³-hybridized carbons (Fsp3) is 0.700. The largest absolute Gasteiger partial charge is 0.272 e. The van der Waals surface area contributed by atoms with Crippen LogP contribution in [0.3, 0.4) is 0 Å². The highest BCUT2D eigenvalue weighted by Gasteiger charge is 2.22. The Kier molecular flexibility index (Phi) is 2.55. The molecular weight excluding hydrogens is 148 g/mol. The zero-order chi connectivity index (χ0) is 9.19. The lowest BCUT2D eigenvalue weighted by atomic mass is 9.81. The Bertz CT molecular complexity index is 222. The van der Waals surface area contributed by atoms with Crippen LogP contribution in [0.5, 0.6) is 0 Å². The van der Waals surface area contributed by atoms with Crippen molar-refractivity contribution < 1.29 is 0 Å². The molecule has 0 aromatic carbocycles. The average Bonchev–Trinajstić information content (AvgIpc) is 2.38. The molecule has 1 heterocycles. The van der Waals surface area contributed by atoms with E-state index >= 15 is 0 Å². The van der Waals surface area contributed by atoms with Gasteiger partial charge in [0.15, 0.2) is 0 Å². The van der Waals surface area contributed by atoms with Gasteiger partial charge in [0, 0.05) is 18.9 Å². The van der Waals surface area contributed by atoms with E-state index in [2.05, 4.69) is 32.8 Å². The van der Waals surface area contributed by atoms with Crippen LogP contribution in [0.15, 0.2) is 18.5 Å². The monoisotopic (exact) mass is 166 g/mol. The molecule has 0 aliphatic rings. The molecule has 1 aromatic heterocycles. The minimum Gasteiger partial charge on any atom is -0.272 e. The van der Waals surface area contributed by atoms with E-state index in [0.29, 0.717) is 11.3 Å². The third-order valence-electron chi connectivity index (χ3n) is 2.69. The normalized spacial score (nSPS) is 12.4. The SMILES string of the molecule is CC(C)C(C)(C)Cn1cccn1. The van der Waals surface area contributed by atoms with Crippen LogP contribution in [-0.4, -0.2) is 9.78 Å². The summed E-state index contributed by atoms with van der Waals surface area (Å²) in [6.07, 6.45) is 3.85. The second-order valence-corrected chi connectivity index (χ2v) is 4.35. The maximum atomic E-state index is 4.20. The molecule has 0 spiro atoms.